The molecule has 1 N–H and O–H groups in total. The zero-order valence-electron chi connectivity index (χ0n) is 12.4. The van der Waals surface area contributed by atoms with Crippen LogP contribution >= 0.6 is 0 Å². The molecule has 1 atom stereocenters. The minimum absolute atomic E-state index is 0.0479. The molecule has 3 nitrogen and oxygen atoms in total. The molecule has 120 valence electrons. The summed E-state index contributed by atoms with van der Waals surface area (Å²) in [4.78, 5) is 0. The van der Waals surface area contributed by atoms with E-state index in [0.717, 1.165) is 18.5 Å². The van der Waals surface area contributed by atoms with Crippen molar-refractivity contribution in [2.45, 2.75) is 39.1 Å². The van der Waals surface area contributed by atoms with Crippen LogP contribution in [-0.4, -0.2) is 26.1 Å². The molecule has 1 aromatic carbocycles. The summed E-state index contributed by atoms with van der Waals surface area (Å²) in [7, 11) is 0. The first-order valence-electron chi connectivity index (χ1n) is 7.13. The number of hydrogen-bond acceptors (Lipinski definition) is 3. The number of ether oxygens (including phenoxy) is 2. The lowest BCUT2D eigenvalue weighted by Gasteiger charge is -2.20. The van der Waals surface area contributed by atoms with E-state index < -0.39 is 6.36 Å². The van der Waals surface area contributed by atoms with E-state index in [2.05, 4.69) is 10.1 Å². The highest BCUT2D eigenvalue weighted by Gasteiger charge is 2.31. The van der Waals surface area contributed by atoms with Crippen molar-refractivity contribution in [1.29, 1.82) is 0 Å². The zero-order chi connectivity index (χ0) is 15.7. The summed E-state index contributed by atoms with van der Waals surface area (Å²) in [6, 6.07) is 6.04. The summed E-state index contributed by atoms with van der Waals surface area (Å²) < 4.78 is 46.1. The highest BCUT2D eigenvalue weighted by molar-refractivity contribution is 5.30. The van der Waals surface area contributed by atoms with Crippen LogP contribution < -0.4 is 10.1 Å². The molecule has 0 fully saturated rings. The molecule has 0 aliphatic rings. The SMILES string of the molecule is CCCNC(CCOCC)c1cccc(OC(F)(F)F)c1. The van der Waals surface area contributed by atoms with Crippen LogP contribution in [0.3, 0.4) is 0 Å². The average Bonchev–Trinajstić information content (AvgIpc) is 2.41. The van der Waals surface area contributed by atoms with Crippen molar-refractivity contribution < 1.29 is 22.6 Å². The molecule has 0 saturated carbocycles. The summed E-state index contributed by atoms with van der Waals surface area (Å²) in [6.45, 7) is 5.92. The van der Waals surface area contributed by atoms with Gasteiger partial charge >= 0.3 is 6.36 Å². The van der Waals surface area contributed by atoms with Gasteiger partial charge < -0.3 is 14.8 Å². The van der Waals surface area contributed by atoms with Crippen molar-refractivity contribution in [3.05, 3.63) is 29.8 Å². The van der Waals surface area contributed by atoms with Crippen LogP contribution in [0.5, 0.6) is 5.75 Å². The Morgan fingerprint density at radius 3 is 2.62 bits per heavy atom. The Morgan fingerprint density at radius 1 is 1.24 bits per heavy atom. The molecule has 0 spiro atoms. The van der Waals surface area contributed by atoms with Gasteiger partial charge in [-0.2, -0.15) is 0 Å². The van der Waals surface area contributed by atoms with Crippen molar-refractivity contribution in [3.63, 3.8) is 0 Å². The van der Waals surface area contributed by atoms with Gasteiger partial charge in [-0.25, -0.2) is 0 Å². The lowest BCUT2D eigenvalue weighted by molar-refractivity contribution is -0.274. The maximum absolute atomic E-state index is 12.3. The maximum atomic E-state index is 12.3. The Morgan fingerprint density at radius 2 is 2.00 bits per heavy atom. The third-order valence-electron chi connectivity index (χ3n) is 2.89. The van der Waals surface area contributed by atoms with Gasteiger partial charge in [0.15, 0.2) is 0 Å². The van der Waals surface area contributed by atoms with E-state index in [9.17, 15) is 13.2 Å². The molecule has 1 rings (SSSR count). The second-order valence-corrected chi connectivity index (χ2v) is 4.61. The van der Waals surface area contributed by atoms with Gasteiger partial charge in [0.1, 0.15) is 5.75 Å². The first-order chi connectivity index (χ1) is 9.96. The van der Waals surface area contributed by atoms with Crippen molar-refractivity contribution in [2.75, 3.05) is 19.8 Å². The van der Waals surface area contributed by atoms with Crippen LogP contribution in [0.25, 0.3) is 0 Å². The van der Waals surface area contributed by atoms with E-state index in [1.165, 1.54) is 12.1 Å². The predicted octanol–water partition coefficient (Wildman–Crippen LogP) is 4.05. The second kappa shape index (κ2) is 8.89. The molecular formula is C15H22F3NO2. The van der Waals surface area contributed by atoms with Gasteiger partial charge in [0, 0.05) is 19.3 Å². The van der Waals surface area contributed by atoms with Crippen molar-refractivity contribution >= 4 is 0 Å². The summed E-state index contributed by atoms with van der Waals surface area (Å²) in [6.07, 6.45) is -3.02. The summed E-state index contributed by atoms with van der Waals surface area (Å²) in [5.41, 5.74) is 0.768. The summed E-state index contributed by atoms with van der Waals surface area (Å²) in [5, 5.41) is 3.32. The van der Waals surface area contributed by atoms with E-state index in [0.29, 0.717) is 19.6 Å². The van der Waals surface area contributed by atoms with Crippen LogP contribution in [0.4, 0.5) is 13.2 Å². The maximum Gasteiger partial charge on any atom is 0.573 e. The molecule has 0 amide bonds. The van der Waals surface area contributed by atoms with Crippen LogP contribution in [0, 0.1) is 0 Å². The van der Waals surface area contributed by atoms with Crippen molar-refractivity contribution in [1.82, 2.24) is 5.32 Å². The molecule has 0 aliphatic carbocycles. The normalized spacial score (nSPS) is 13.2. The molecule has 1 aromatic rings. The van der Waals surface area contributed by atoms with Gasteiger partial charge in [-0.1, -0.05) is 19.1 Å². The molecule has 0 aliphatic heterocycles. The van der Waals surface area contributed by atoms with Crippen molar-refractivity contribution in [2.24, 2.45) is 0 Å². The molecule has 21 heavy (non-hydrogen) atoms. The number of rotatable bonds is 9. The zero-order valence-corrected chi connectivity index (χ0v) is 12.4. The fraction of sp³-hybridized carbons (Fsp3) is 0.600. The number of halogens is 3. The highest BCUT2D eigenvalue weighted by atomic mass is 19.4. The summed E-state index contributed by atoms with van der Waals surface area (Å²) in [5.74, 6) is -0.195. The Balaban J connectivity index is 2.77. The topological polar surface area (TPSA) is 30.5 Å². The number of hydrogen-bond donors (Lipinski definition) is 1. The highest BCUT2D eigenvalue weighted by Crippen LogP contribution is 2.26. The number of benzene rings is 1. The molecule has 0 saturated heterocycles. The van der Waals surface area contributed by atoms with E-state index in [1.54, 1.807) is 12.1 Å². The summed E-state index contributed by atoms with van der Waals surface area (Å²) >= 11 is 0. The Labute approximate surface area is 123 Å². The molecule has 0 radical (unpaired) electrons. The number of alkyl halides is 3. The quantitative estimate of drug-likeness (QED) is 0.698. The lowest BCUT2D eigenvalue weighted by Crippen LogP contribution is -2.24. The molecule has 0 heterocycles. The minimum Gasteiger partial charge on any atom is -0.406 e. The third kappa shape index (κ3) is 7.34. The van der Waals surface area contributed by atoms with Crippen LogP contribution in [0.1, 0.15) is 38.3 Å². The van der Waals surface area contributed by atoms with Crippen molar-refractivity contribution in [3.8, 4) is 5.75 Å². The number of nitrogens with one attached hydrogen (secondary N) is 1. The third-order valence-corrected chi connectivity index (χ3v) is 2.89. The van der Waals surface area contributed by atoms with Gasteiger partial charge in [0.25, 0.3) is 0 Å². The largest absolute Gasteiger partial charge is 0.573 e. The average molecular weight is 305 g/mol. The molecule has 1 unspecified atom stereocenters. The molecule has 0 bridgehead atoms. The monoisotopic (exact) mass is 305 g/mol. The Kier molecular flexibility index (Phi) is 7.53. The molecular weight excluding hydrogens is 283 g/mol. The lowest BCUT2D eigenvalue weighted by atomic mass is 10.0. The molecule has 0 aromatic heterocycles. The van der Waals surface area contributed by atoms with E-state index in [-0.39, 0.29) is 11.8 Å². The van der Waals surface area contributed by atoms with E-state index in [4.69, 9.17) is 4.74 Å². The predicted molar refractivity (Wildman–Crippen MR) is 75.3 cm³/mol. The fourth-order valence-electron chi connectivity index (χ4n) is 1.98. The first kappa shape index (κ1) is 17.8. The van der Waals surface area contributed by atoms with Gasteiger partial charge in [-0.15, -0.1) is 13.2 Å². The second-order valence-electron chi connectivity index (χ2n) is 4.61. The standard InChI is InChI=1S/C15H22F3NO2/c1-3-9-19-14(8-10-20-4-2)12-6-5-7-13(11-12)21-15(16,17)18/h5-7,11,14,19H,3-4,8-10H2,1-2H3. The molecule has 6 heteroatoms. The van der Waals surface area contributed by atoms with Gasteiger partial charge in [0.05, 0.1) is 0 Å². The smallest absolute Gasteiger partial charge is 0.406 e. The Hall–Kier alpha value is -1.27. The Bertz CT molecular complexity index is 410. The fourth-order valence-corrected chi connectivity index (χ4v) is 1.98. The van der Waals surface area contributed by atoms with Crippen LogP contribution in [0.2, 0.25) is 0 Å². The van der Waals surface area contributed by atoms with E-state index in [1.807, 2.05) is 13.8 Å². The van der Waals surface area contributed by atoms with Crippen LogP contribution in [0.15, 0.2) is 24.3 Å². The van der Waals surface area contributed by atoms with E-state index >= 15 is 0 Å². The minimum atomic E-state index is -4.67. The van der Waals surface area contributed by atoms with Gasteiger partial charge in [-0.05, 0) is 44.0 Å². The first-order valence-corrected chi connectivity index (χ1v) is 7.13. The van der Waals surface area contributed by atoms with Crippen LogP contribution in [-0.2, 0) is 4.74 Å². The van der Waals surface area contributed by atoms with Gasteiger partial charge in [-0.3, -0.25) is 0 Å². The van der Waals surface area contributed by atoms with Gasteiger partial charge in [0.2, 0.25) is 0 Å².